The van der Waals surface area contributed by atoms with E-state index in [1.165, 1.54) is 30.9 Å². The highest BCUT2D eigenvalue weighted by molar-refractivity contribution is 5.95. The Hall–Kier alpha value is -3.71. The first kappa shape index (κ1) is 28.3. The minimum Gasteiger partial charge on any atom is -0.495 e. The molecular weight excluding hydrogens is 506 g/mol. The highest BCUT2D eigenvalue weighted by atomic mass is 19.3. The minimum absolute atomic E-state index is 0.0304. The molecule has 4 rings (SSSR count). The van der Waals surface area contributed by atoms with Crippen LogP contribution in [-0.2, 0) is 16.0 Å². The number of halogens is 2. The first-order valence-corrected chi connectivity index (χ1v) is 13.1. The maximum absolute atomic E-state index is 14.4. The van der Waals surface area contributed by atoms with E-state index in [2.05, 4.69) is 22.0 Å². The van der Waals surface area contributed by atoms with Gasteiger partial charge < -0.3 is 25.4 Å². The lowest BCUT2D eigenvalue weighted by Crippen LogP contribution is -2.52. The predicted molar refractivity (Wildman–Crippen MR) is 142 cm³/mol. The number of para-hydroxylation sites is 1. The van der Waals surface area contributed by atoms with E-state index >= 15 is 0 Å². The van der Waals surface area contributed by atoms with Gasteiger partial charge in [0.15, 0.2) is 0 Å². The quantitative estimate of drug-likeness (QED) is 0.445. The lowest BCUT2D eigenvalue weighted by atomic mass is 9.81. The SMILES string of the molecule is COC[C@@H]1Nc2ccccc2C[C@@H]1CCNC(=O)[C@H]1CC(F)(F)CC[C@H]1NC(=O)c1ccc(OC)c(C#N)c1. The van der Waals surface area contributed by atoms with Gasteiger partial charge in [0.25, 0.3) is 5.91 Å². The van der Waals surface area contributed by atoms with Gasteiger partial charge in [-0.3, -0.25) is 9.59 Å². The van der Waals surface area contributed by atoms with Gasteiger partial charge in [-0.1, -0.05) is 18.2 Å². The Morgan fingerprint density at radius 1 is 1.21 bits per heavy atom. The molecule has 1 fully saturated rings. The van der Waals surface area contributed by atoms with Crippen molar-refractivity contribution in [3.05, 3.63) is 59.2 Å². The normalized spacial score (nSPS) is 23.5. The fourth-order valence-corrected chi connectivity index (χ4v) is 5.52. The van der Waals surface area contributed by atoms with Crippen LogP contribution < -0.4 is 20.7 Å². The van der Waals surface area contributed by atoms with Crippen molar-refractivity contribution in [2.45, 2.75) is 50.1 Å². The Labute approximate surface area is 227 Å². The van der Waals surface area contributed by atoms with E-state index < -0.39 is 42.5 Å². The van der Waals surface area contributed by atoms with Gasteiger partial charge in [-0.05, 0) is 55.0 Å². The maximum Gasteiger partial charge on any atom is 0.251 e. The molecule has 2 aromatic rings. The summed E-state index contributed by atoms with van der Waals surface area (Å²) in [5.74, 6) is -4.58. The van der Waals surface area contributed by atoms with Crippen LogP contribution in [0.3, 0.4) is 0 Å². The number of carbonyl (C=O) groups is 2. The summed E-state index contributed by atoms with van der Waals surface area (Å²) in [6.45, 7) is 0.828. The highest BCUT2D eigenvalue weighted by Crippen LogP contribution is 2.37. The number of benzene rings is 2. The number of anilines is 1. The zero-order valence-corrected chi connectivity index (χ0v) is 22.1. The van der Waals surface area contributed by atoms with Crippen LogP contribution in [0.5, 0.6) is 5.75 Å². The monoisotopic (exact) mass is 540 g/mol. The molecule has 2 aromatic carbocycles. The number of rotatable bonds is 9. The predicted octanol–water partition coefficient (Wildman–Crippen LogP) is 3.91. The standard InChI is InChI=1S/C29H34F2N4O4/c1-38-17-25-19(13-18-5-3-4-6-23(18)34-25)10-12-33-28(37)22-15-29(30,31)11-9-24(22)35-27(36)20-7-8-26(39-2)21(14-20)16-32/h3-8,14,19,22,24-25,34H,9-13,15,17H2,1-2H3,(H,33,37)(H,35,36)/t19-,22-,24+,25-/m0/s1. The molecule has 0 radical (unpaired) electrons. The van der Waals surface area contributed by atoms with Gasteiger partial charge in [-0.2, -0.15) is 5.26 Å². The number of hydrogen-bond acceptors (Lipinski definition) is 6. The molecule has 0 aromatic heterocycles. The molecular formula is C29H34F2N4O4. The molecule has 0 bridgehead atoms. The summed E-state index contributed by atoms with van der Waals surface area (Å²) in [6.07, 6.45) is 0.376. The van der Waals surface area contributed by atoms with Crippen molar-refractivity contribution in [2.75, 3.05) is 32.7 Å². The van der Waals surface area contributed by atoms with Crippen LogP contribution in [-0.4, -0.2) is 57.2 Å². The smallest absolute Gasteiger partial charge is 0.251 e. The Morgan fingerprint density at radius 3 is 2.74 bits per heavy atom. The van der Waals surface area contributed by atoms with Crippen LogP contribution >= 0.6 is 0 Å². The van der Waals surface area contributed by atoms with Gasteiger partial charge in [-0.25, -0.2) is 8.78 Å². The van der Waals surface area contributed by atoms with Crippen LogP contribution in [0, 0.1) is 23.2 Å². The summed E-state index contributed by atoms with van der Waals surface area (Å²) in [6, 6.07) is 13.7. The van der Waals surface area contributed by atoms with Crippen molar-refractivity contribution in [1.82, 2.24) is 10.6 Å². The van der Waals surface area contributed by atoms with Gasteiger partial charge >= 0.3 is 0 Å². The summed E-state index contributed by atoms with van der Waals surface area (Å²) < 4.78 is 39.2. The molecule has 208 valence electrons. The number of nitrogens with zero attached hydrogens (tertiary/aromatic N) is 1. The molecule has 3 N–H and O–H groups in total. The van der Waals surface area contributed by atoms with Crippen molar-refractivity contribution in [3.63, 3.8) is 0 Å². The lowest BCUT2D eigenvalue weighted by molar-refractivity contribution is -0.134. The average Bonchev–Trinajstić information content (AvgIpc) is 2.93. The first-order chi connectivity index (χ1) is 18.7. The van der Waals surface area contributed by atoms with Crippen molar-refractivity contribution in [1.29, 1.82) is 5.26 Å². The van der Waals surface area contributed by atoms with E-state index in [-0.39, 0.29) is 29.5 Å². The van der Waals surface area contributed by atoms with Gasteiger partial charge in [0.05, 0.1) is 31.2 Å². The van der Waals surface area contributed by atoms with Crippen molar-refractivity contribution in [2.24, 2.45) is 11.8 Å². The van der Waals surface area contributed by atoms with E-state index in [1.54, 1.807) is 7.11 Å². The number of ether oxygens (including phenoxy) is 2. The van der Waals surface area contributed by atoms with Crippen LogP contribution in [0.15, 0.2) is 42.5 Å². The second-order valence-corrected chi connectivity index (χ2v) is 10.2. The van der Waals surface area contributed by atoms with Gasteiger partial charge in [0, 0.05) is 43.8 Å². The number of nitrogens with one attached hydrogen (secondary N) is 3. The molecule has 4 atom stereocenters. The largest absolute Gasteiger partial charge is 0.495 e. The first-order valence-electron chi connectivity index (χ1n) is 13.1. The molecule has 1 aliphatic heterocycles. The zero-order valence-electron chi connectivity index (χ0n) is 22.1. The van der Waals surface area contributed by atoms with Crippen molar-refractivity contribution >= 4 is 17.5 Å². The molecule has 2 aliphatic rings. The molecule has 10 heteroatoms. The second kappa shape index (κ2) is 12.4. The fraction of sp³-hybridized carbons (Fsp3) is 0.483. The number of carbonyl (C=O) groups excluding carboxylic acids is 2. The molecule has 1 aliphatic carbocycles. The number of hydrogen-bond donors (Lipinski definition) is 3. The van der Waals surface area contributed by atoms with Gasteiger partial charge in [0.2, 0.25) is 11.8 Å². The third kappa shape index (κ3) is 6.84. The average molecular weight is 541 g/mol. The Bertz CT molecular complexity index is 1230. The van der Waals surface area contributed by atoms with Gasteiger partial charge in [-0.15, -0.1) is 0 Å². The summed E-state index contributed by atoms with van der Waals surface area (Å²) in [7, 11) is 3.06. The topological polar surface area (TPSA) is 112 Å². The van der Waals surface area contributed by atoms with Crippen LogP contribution in [0.2, 0.25) is 0 Å². The molecule has 1 heterocycles. The Kier molecular flexibility index (Phi) is 9.02. The zero-order chi connectivity index (χ0) is 28.0. The molecule has 0 spiro atoms. The van der Waals surface area contributed by atoms with Gasteiger partial charge in [0.1, 0.15) is 11.8 Å². The number of alkyl halides is 2. The van der Waals surface area contributed by atoms with E-state index in [4.69, 9.17) is 9.47 Å². The molecule has 0 saturated heterocycles. The fourth-order valence-electron chi connectivity index (χ4n) is 5.52. The summed E-state index contributed by atoms with van der Waals surface area (Å²) in [4.78, 5) is 26.1. The summed E-state index contributed by atoms with van der Waals surface area (Å²) in [5.41, 5.74) is 2.63. The maximum atomic E-state index is 14.4. The van der Waals surface area contributed by atoms with Crippen LogP contribution in [0.1, 0.15) is 47.2 Å². The third-order valence-electron chi connectivity index (χ3n) is 7.63. The third-order valence-corrected chi connectivity index (χ3v) is 7.63. The lowest BCUT2D eigenvalue weighted by Gasteiger charge is -2.36. The number of methoxy groups -OCH3 is 2. The second-order valence-electron chi connectivity index (χ2n) is 10.2. The van der Waals surface area contributed by atoms with E-state index in [9.17, 15) is 23.6 Å². The molecule has 8 nitrogen and oxygen atoms in total. The molecule has 1 saturated carbocycles. The van der Waals surface area contributed by atoms with Crippen LogP contribution in [0.4, 0.5) is 14.5 Å². The van der Waals surface area contributed by atoms with E-state index in [1.807, 2.05) is 24.3 Å². The Morgan fingerprint density at radius 2 is 2.00 bits per heavy atom. The van der Waals surface area contributed by atoms with Crippen molar-refractivity contribution in [3.8, 4) is 11.8 Å². The van der Waals surface area contributed by atoms with E-state index in [0.717, 1.165) is 12.1 Å². The van der Waals surface area contributed by atoms with Crippen molar-refractivity contribution < 1.29 is 27.8 Å². The molecule has 2 amide bonds. The number of nitriles is 1. The highest BCUT2D eigenvalue weighted by Gasteiger charge is 2.45. The minimum atomic E-state index is -2.99. The Balaban J connectivity index is 1.39. The summed E-state index contributed by atoms with van der Waals surface area (Å²) in [5, 5.41) is 18.4. The number of fused-ring (bicyclic) bond motifs is 1. The van der Waals surface area contributed by atoms with Crippen LogP contribution in [0.25, 0.3) is 0 Å². The summed E-state index contributed by atoms with van der Waals surface area (Å²) >= 11 is 0. The molecule has 39 heavy (non-hydrogen) atoms. The molecule has 0 unspecified atom stereocenters. The van der Waals surface area contributed by atoms with E-state index in [0.29, 0.717) is 25.3 Å². The number of amides is 2.